The predicted octanol–water partition coefficient (Wildman–Crippen LogP) is 2.97. The van der Waals surface area contributed by atoms with Gasteiger partial charge in [-0.2, -0.15) is 0 Å². The lowest BCUT2D eigenvalue weighted by atomic mass is 10.1. The average molecular weight is 313 g/mol. The lowest BCUT2D eigenvalue weighted by Crippen LogP contribution is -2.43. The molecule has 1 amide bonds. The van der Waals surface area contributed by atoms with Gasteiger partial charge in [-0.25, -0.2) is 0 Å². The van der Waals surface area contributed by atoms with E-state index in [1.165, 1.54) is 0 Å². The van der Waals surface area contributed by atoms with Crippen LogP contribution < -0.4 is 5.32 Å². The maximum atomic E-state index is 12.0. The van der Waals surface area contributed by atoms with Gasteiger partial charge in [-0.15, -0.1) is 0 Å². The normalized spacial score (nSPS) is 14.1. The first-order chi connectivity index (χ1) is 8.47. The van der Waals surface area contributed by atoms with Crippen molar-refractivity contribution < 1.29 is 4.79 Å². The minimum atomic E-state index is -0.183. The number of amides is 1. The highest BCUT2D eigenvalue weighted by Gasteiger charge is 2.19. The molecule has 2 atom stereocenters. The number of carbonyl (C=O) groups excluding carboxylic acids is 1. The summed E-state index contributed by atoms with van der Waals surface area (Å²) in [4.78, 5) is 13.7. The smallest absolute Gasteiger partial charge is 0.239 e. The Labute approximate surface area is 118 Å². The SMILES string of the molecule is CCN(C)C(=O)C(C)NC(C)c1ccccc1Br. The van der Waals surface area contributed by atoms with Crippen LogP contribution in [0.25, 0.3) is 0 Å². The number of rotatable bonds is 5. The van der Waals surface area contributed by atoms with E-state index in [-0.39, 0.29) is 18.0 Å². The largest absolute Gasteiger partial charge is 0.345 e. The van der Waals surface area contributed by atoms with Crippen molar-refractivity contribution in [2.45, 2.75) is 32.9 Å². The fourth-order valence-corrected chi connectivity index (χ4v) is 2.48. The minimum Gasteiger partial charge on any atom is -0.345 e. The van der Waals surface area contributed by atoms with Gasteiger partial charge < -0.3 is 4.90 Å². The molecule has 0 radical (unpaired) electrons. The first-order valence-corrected chi connectivity index (χ1v) is 7.02. The molecule has 2 unspecified atom stereocenters. The molecule has 0 aliphatic carbocycles. The fraction of sp³-hybridized carbons (Fsp3) is 0.500. The Hall–Kier alpha value is -0.870. The van der Waals surface area contributed by atoms with Gasteiger partial charge in [-0.05, 0) is 32.4 Å². The lowest BCUT2D eigenvalue weighted by Gasteiger charge is -2.24. The van der Waals surface area contributed by atoms with Gasteiger partial charge >= 0.3 is 0 Å². The van der Waals surface area contributed by atoms with Gasteiger partial charge in [-0.1, -0.05) is 34.1 Å². The number of carbonyl (C=O) groups is 1. The molecule has 0 saturated heterocycles. The summed E-state index contributed by atoms with van der Waals surface area (Å²) < 4.78 is 1.06. The maximum Gasteiger partial charge on any atom is 0.239 e. The summed E-state index contributed by atoms with van der Waals surface area (Å²) >= 11 is 3.53. The highest BCUT2D eigenvalue weighted by molar-refractivity contribution is 9.10. The number of halogens is 1. The highest BCUT2D eigenvalue weighted by atomic mass is 79.9. The molecule has 0 aromatic heterocycles. The van der Waals surface area contributed by atoms with Gasteiger partial charge in [0.2, 0.25) is 5.91 Å². The molecule has 4 heteroatoms. The average Bonchev–Trinajstić information content (AvgIpc) is 2.37. The van der Waals surface area contributed by atoms with E-state index < -0.39 is 0 Å². The van der Waals surface area contributed by atoms with Crippen LogP contribution >= 0.6 is 15.9 Å². The molecule has 18 heavy (non-hydrogen) atoms. The fourth-order valence-electron chi connectivity index (χ4n) is 1.85. The van der Waals surface area contributed by atoms with Gasteiger partial charge in [0, 0.05) is 24.1 Å². The van der Waals surface area contributed by atoms with Crippen molar-refractivity contribution in [3.05, 3.63) is 34.3 Å². The molecule has 0 aliphatic rings. The van der Waals surface area contributed by atoms with E-state index in [4.69, 9.17) is 0 Å². The van der Waals surface area contributed by atoms with Crippen molar-refractivity contribution in [2.24, 2.45) is 0 Å². The Morgan fingerprint density at radius 2 is 2.00 bits per heavy atom. The van der Waals surface area contributed by atoms with Crippen LogP contribution in [0, 0.1) is 0 Å². The Kier molecular flexibility index (Phi) is 5.82. The summed E-state index contributed by atoms with van der Waals surface area (Å²) in [7, 11) is 1.82. The van der Waals surface area contributed by atoms with Crippen LogP contribution in [0.1, 0.15) is 32.4 Å². The van der Waals surface area contributed by atoms with E-state index in [0.29, 0.717) is 0 Å². The molecule has 0 heterocycles. The van der Waals surface area contributed by atoms with Crippen LogP contribution in [0.15, 0.2) is 28.7 Å². The van der Waals surface area contributed by atoms with Gasteiger partial charge in [0.1, 0.15) is 0 Å². The molecule has 0 aliphatic heterocycles. The zero-order chi connectivity index (χ0) is 13.7. The molecule has 1 aromatic rings. The Morgan fingerprint density at radius 3 is 2.56 bits per heavy atom. The topological polar surface area (TPSA) is 32.3 Å². The van der Waals surface area contributed by atoms with Crippen LogP contribution in [0.5, 0.6) is 0 Å². The van der Waals surface area contributed by atoms with E-state index in [1.807, 2.05) is 39.1 Å². The van der Waals surface area contributed by atoms with Crippen LogP contribution in [-0.4, -0.2) is 30.4 Å². The highest BCUT2D eigenvalue weighted by Crippen LogP contribution is 2.23. The second kappa shape index (κ2) is 6.90. The summed E-state index contributed by atoms with van der Waals surface area (Å²) in [6.07, 6.45) is 0. The van der Waals surface area contributed by atoms with Gasteiger partial charge in [0.15, 0.2) is 0 Å². The molecule has 1 aromatic carbocycles. The molecule has 0 bridgehead atoms. The van der Waals surface area contributed by atoms with Crippen molar-refractivity contribution in [1.82, 2.24) is 10.2 Å². The first kappa shape index (κ1) is 15.2. The van der Waals surface area contributed by atoms with Crippen LogP contribution in [-0.2, 0) is 4.79 Å². The Bertz CT molecular complexity index is 409. The molecule has 0 spiro atoms. The summed E-state index contributed by atoms with van der Waals surface area (Å²) in [5.74, 6) is 0.122. The van der Waals surface area contributed by atoms with E-state index in [0.717, 1.165) is 16.6 Å². The molecule has 1 N–H and O–H groups in total. The minimum absolute atomic E-state index is 0.122. The second-order valence-electron chi connectivity index (χ2n) is 4.48. The number of hydrogen-bond donors (Lipinski definition) is 1. The van der Waals surface area contributed by atoms with Crippen molar-refractivity contribution in [1.29, 1.82) is 0 Å². The molecular weight excluding hydrogens is 292 g/mol. The summed E-state index contributed by atoms with van der Waals surface area (Å²) in [5, 5.41) is 3.33. The van der Waals surface area contributed by atoms with E-state index in [2.05, 4.69) is 34.2 Å². The predicted molar refractivity (Wildman–Crippen MR) is 78.5 cm³/mol. The lowest BCUT2D eigenvalue weighted by molar-refractivity contribution is -0.131. The zero-order valence-corrected chi connectivity index (χ0v) is 13.0. The number of benzene rings is 1. The number of likely N-dealkylation sites (N-methyl/N-ethyl adjacent to an activating group) is 1. The van der Waals surface area contributed by atoms with E-state index in [1.54, 1.807) is 4.90 Å². The van der Waals surface area contributed by atoms with E-state index >= 15 is 0 Å². The van der Waals surface area contributed by atoms with Crippen LogP contribution in [0.2, 0.25) is 0 Å². The van der Waals surface area contributed by atoms with Gasteiger partial charge in [0.25, 0.3) is 0 Å². The van der Waals surface area contributed by atoms with Crippen LogP contribution in [0.4, 0.5) is 0 Å². The molecule has 0 saturated carbocycles. The number of nitrogens with one attached hydrogen (secondary N) is 1. The quantitative estimate of drug-likeness (QED) is 0.906. The van der Waals surface area contributed by atoms with Crippen molar-refractivity contribution in [3.63, 3.8) is 0 Å². The third-order valence-electron chi connectivity index (χ3n) is 3.09. The maximum absolute atomic E-state index is 12.0. The van der Waals surface area contributed by atoms with Gasteiger partial charge in [-0.3, -0.25) is 10.1 Å². The zero-order valence-electron chi connectivity index (χ0n) is 11.4. The Morgan fingerprint density at radius 1 is 1.39 bits per heavy atom. The monoisotopic (exact) mass is 312 g/mol. The number of hydrogen-bond acceptors (Lipinski definition) is 2. The summed E-state index contributed by atoms with van der Waals surface area (Å²) in [5.41, 5.74) is 1.16. The standard InChI is InChI=1S/C14H21BrN2O/c1-5-17(4)14(18)11(3)16-10(2)12-8-6-7-9-13(12)15/h6-11,16H,5H2,1-4H3. The molecule has 0 fully saturated rings. The van der Waals surface area contributed by atoms with E-state index in [9.17, 15) is 4.79 Å². The summed E-state index contributed by atoms with van der Waals surface area (Å²) in [6, 6.07) is 8.01. The first-order valence-electron chi connectivity index (χ1n) is 6.22. The second-order valence-corrected chi connectivity index (χ2v) is 5.34. The third kappa shape index (κ3) is 3.82. The van der Waals surface area contributed by atoms with Gasteiger partial charge in [0.05, 0.1) is 6.04 Å². The summed E-state index contributed by atoms with van der Waals surface area (Å²) in [6.45, 7) is 6.67. The van der Waals surface area contributed by atoms with Crippen molar-refractivity contribution in [3.8, 4) is 0 Å². The van der Waals surface area contributed by atoms with Crippen molar-refractivity contribution >= 4 is 21.8 Å². The number of nitrogens with zero attached hydrogens (tertiary/aromatic N) is 1. The Balaban J connectivity index is 2.68. The van der Waals surface area contributed by atoms with Crippen LogP contribution in [0.3, 0.4) is 0 Å². The molecular formula is C14H21BrN2O. The third-order valence-corrected chi connectivity index (χ3v) is 3.81. The molecule has 1 rings (SSSR count). The van der Waals surface area contributed by atoms with Crippen molar-refractivity contribution in [2.75, 3.05) is 13.6 Å². The molecule has 100 valence electrons. The molecule has 3 nitrogen and oxygen atoms in total.